The first-order valence-corrected chi connectivity index (χ1v) is 5.03. The fourth-order valence-electron chi connectivity index (χ4n) is 1.62. The molecule has 0 fully saturated rings. The molecule has 0 aliphatic carbocycles. The second kappa shape index (κ2) is 5.39. The zero-order valence-corrected chi connectivity index (χ0v) is 9.06. The first-order chi connectivity index (χ1) is 7.22. The van der Waals surface area contributed by atoms with E-state index in [4.69, 9.17) is 4.74 Å². The number of carbonyl (C=O) groups excluding carboxylic acids is 1. The van der Waals surface area contributed by atoms with E-state index in [-0.39, 0.29) is 11.7 Å². The predicted octanol–water partition coefficient (Wildman–Crippen LogP) is 2.48. The number of rotatable bonds is 5. The molecule has 0 amide bonds. The lowest BCUT2D eigenvalue weighted by Crippen LogP contribution is -1.98. The summed E-state index contributed by atoms with van der Waals surface area (Å²) in [4.78, 5) is 10.5. The molecule has 82 valence electrons. The van der Waals surface area contributed by atoms with Crippen LogP contribution < -0.4 is 4.74 Å². The molecular weight excluding hydrogens is 192 g/mol. The van der Waals surface area contributed by atoms with E-state index in [1.807, 2.05) is 13.0 Å². The number of aromatic hydroxyl groups is 1. The SMILES string of the molecule is CCC(CC=O)c1ccc(OC)c(O)c1. The molecule has 1 rings (SSSR count). The molecule has 1 unspecified atom stereocenters. The van der Waals surface area contributed by atoms with E-state index in [0.717, 1.165) is 18.3 Å². The van der Waals surface area contributed by atoms with Gasteiger partial charge in [0.15, 0.2) is 11.5 Å². The summed E-state index contributed by atoms with van der Waals surface area (Å²) in [5.41, 5.74) is 0.975. The van der Waals surface area contributed by atoms with Crippen molar-refractivity contribution in [1.29, 1.82) is 0 Å². The molecule has 1 aromatic carbocycles. The minimum Gasteiger partial charge on any atom is -0.504 e. The zero-order valence-electron chi connectivity index (χ0n) is 9.06. The maximum Gasteiger partial charge on any atom is 0.160 e. The van der Waals surface area contributed by atoms with Crippen LogP contribution in [0.25, 0.3) is 0 Å². The van der Waals surface area contributed by atoms with E-state index in [0.29, 0.717) is 12.2 Å². The van der Waals surface area contributed by atoms with Crippen LogP contribution in [0.15, 0.2) is 18.2 Å². The lowest BCUT2D eigenvalue weighted by molar-refractivity contribution is -0.108. The van der Waals surface area contributed by atoms with Crippen molar-refractivity contribution in [3.63, 3.8) is 0 Å². The van der Waals surface area contributed by atoms with Gasteiger partial charge in [0.2, 0.25) is 0 Å². The van der Waals surface area contributed by atoms with Gasteiger partial charge in [0.25, 0.3) is 0 Å². The molecule has 0 heterocycles. The Morgan fingerprint density at radius 2 is 2.27 bits per heavy atom. The standard InChI is InChI=1S/C12H16O3/c1-3-9(6-7-13)10-4-5-12(15-2)11(14)8-10/h4-5,7-9,14H,3,6H2,1-2H3. The largest absolute Gasteiger partial charge is 0.504 e. The molecule has 0 saturated carbocycles. The summed E-state index contributed by atoms with van der Waals surface area (Å²) in [6, 6.07) is 5.27. The molecule has 1 aromatic rings. The van der Waals surface area contributed by atoms with Crippen LogP contribution >= 0.6 is 0 Å². The van der Waals surface area contributed by atoms with Gasteiger partial charge in [-0.15, -0.1) is 0 Å². The fourth-order valence-corrected chi connectivity index (χ4v) is 1.62. The van der Waals surface area contributed by atoms with Crippen LogP contribution in [0.4, 0.5) is 0 Å². The van der Waals surface area contributed by atoms with Crippen LogP contribution in [-0.4, -0.2) is 18.5 Å². The lowest BCUT2D eigenvalue weighted by Gasteiger charge is -2.13. The second-order valence-corrected chi connectivity index (χ2v) is 3.44. The molecule has 0 radical (unpaired) electrons. The Morgan fingerprint density at radius 1 is 1.53 bits per heavy atom. The highest BCUT2D eigenvalue weighted by molar-refractivity contribution is 5.52. The van der Waals surface area contributed by atoms with E-state index in [1.54, 1.807) is 12.1 Å². The molecule has 0 aromatic heterocycles. The van der Waals surface area contributed by atoms with Crippen molar-refractivity contribution in [2.24, 2.45) is 0 Å². The second-order valence-electron chi connectivity index (χ2n) is 3.44. The third-order valence-electron chi connectivity index (χ3n) is 2.55. The highest BCUT2D eigenvalue weighted by atomic mass is 16.5. The van der Waals surface area contributed by atoms with Gasteiger partial charge in [-0.3, -0.25) is 0 Å². The summed E-state index contributed by atoms with van der Waals surface area (Å²) in [6.07, 6.45) is 2.28. The molecule has 0 aliphatic heterocycles. The first-order valence-electron chi connectivity index (χ1n) is 5.03. The van der Waals surface area contributed by atoms with Gasteiger partial charge < -0.3 is 14.6 Å². The topological polar surface area (TPSA) is 46.5 Å². The van der Waals surface area contributed by atoms with Gasteiger partial charge in [-0.2, -0.15) is 0 Å². The van der Waals surface area contributed by atoms with Gasteiger partial charge in [-0.05, 0) is 30.0 Å². The summed E-state index contributed by atoms with van der Waals surface area (Å²) < 4.78 is 4.95. The van der Waals surface area contributed by atoms with Crippen LogP contribution in [0.2, 0.25) is 0 Å². The lowest BCUT2D eigenvalue weighted by atomic mass is 9.93. The molecular formula is C12H16O3. The summed E-state index contributed by atoms with van der Waals surface area (Å²) in [5.74, 6) is 0.762. The van der Waals surface area contributed by atoms with Crippen molar-refractivity contribution in [2.45, 2.75) is 25.7 Å². The minimum absolute atomic E-state index is 0.124. The third-order valence-corrected chi connectivity index (χ3v) is 2.55. The van der Waals surface area contributed by atoms with Gasteiger partial charge >= 0.3 is 0 Å². The Morgan fingerprint density at radius 3 is 2.73 bits per heavy atom. The monoisotopic (exact) mass is 208 g/mol. The van der Waals surface area contributed by atoms with Crippen molar-refractivity contribution >= 4 is 6.29 Å². The highest BCUT2D eigenvalue weighted by Crippen LogP contribution is 2.31. The molecule has 0 saturated heterocycles. The van der Waals surface area contributed by atoms with Crippen LogP contribution in [0.1, 0.15) is 31.2 Å². The Bertz CT molecular complexity index is 334. The van der Waals surface area contributed by atoms with E-state index < -0.39 is 0 Å². The zero-order chi connectivity index (χ0) is 11.3. The van der Waals surface area contributed by atoms with Crippen LogP contribution in [0, 0.1) is 0 Å². The molecule has 15 heavy (non-hydrogen) atoms. The molecule has 1 N–H and O–H groups in total. The number of phenolic OH excluding ortho intramolecular Hbond substituents is 1. The van der Waals surface area contributed by atoms with Crippen LogP contribution in [-0.2, 0) is 4.79 Å². The Labute approximate surface area is 89.7 Å². The molecule has 0 bridgehead atoms. The summed E-state index contributed by atoms with van der Waals surface area (Å²) in [7, 11) is 1.51. The molecule has 0 spiro atoms. The van der Waals surface area contributed by atoms with Gasteiger partial charge in [-0.1, -0.05) is 13.0 Å². The molecule has 3 nitrogen and oxygen atoms in total. The van der Waals surface area contributed by atoms with Gasteiger partial charge in [-0.25, -0.2) is 0 Å². The van der Waals surface area contributed by atoms with E-state index in [9.17, 15) is 9.90 Å². The van der Waals surface area contributed by atoms with Crippen LogP contribution in [0.5, 0.6) is 11.5 Å². The Hall–Kier alpha value is -1.51. The van der Waals surface area contributed by atoms with Crippen molar-refractivity contribution in [1.82, 2.24) is 0 Å². The van der Waals surface area contributed by atoms with Crippen molar-refractivity contribution in [2.75, 3.05) is 7.11 Å². The van der Waals surface area contributed by atoms with Crippen LogP contribution in [0.3, 0.4) is 0 Å². The first kappa shape index (κ1) is 11.6. The van der Waals surface area contributed by atoms with Crippen molar-refractivity contribution < 1.29 is 14.6 Å². The minimum atomic E-state index is 0.124. The smallest absolute Gasteiger partial charge is 0.160 e. The number of benzene rings is 1. The average Bonchev–Trinajstić information content (AvgIpc) is 2.25. The van der Waals surface area contributed by atoms with Crippen molar-refractivity contribution in [3.05, 3.63) is 23.8 Å². The number of methoxy groups -OCH3 is 1. The van der Waals surface area contributed by atoms with E-state index in [2.05, 4.69) is 0 Å². The number of carbonyl (C=O) groups is 1. The van der Waals surface area contributed by atoms with Gasteiger partial charge in [0.1, 0.15) is 6.29 Å². The number of hydrogen-bond donors (Lipinski definition) is 1. The normalized spacial score (nSPS) is 12.1. The summed E-state index contributed by atoms with van der Waals surface area (Å²) in [5, 5.41) is 9.59. The fraction of sp³-hybridized carbons (Fsp3) is 0.417. The summed E-state index contributed by atoms with van der Waals surface area (Å²) >= 11 is 0. The highest BCUT2D eigenvalue weighted by Gasteiger charge is 2.11. The predicted molar refractivity (Wildman–Crippen MR) is 58.4 cm³/mol. The maximum absolute atomic E-state index is 10.5. The Kier molecular flexibility index (Phi) is 4.16. The van der Waals surface area contributed by atoms with E-state index in [1.165, 1.54) is 7.11 Å². The molecule has 1 atom stereocenters. The van der Waals surface area contributed by atoms with E-state index >= 15 is 0 Å². The number of phenols is 1. The van der Waals surface area contributed by atoms with Crippen molar-refractivity contribution in [3.8, 4) is 11.5 Å². The van der Waals surface area contributed by atoms with Gasteiger partial charge in [0.05, 0.1) is 7.11 Å². The number of aldehydes is 1. The quantitative estimate of drug-likeness (QED) is 0.756. The number of hydrogen-bond acceptors (Lipinski definition) is 3. The number of ether oxygens (including phenoxy) is 1. The Balaban J connectivity index is 2.94. The summed E-state index contributed by atoms with van der Waals surface area (Å²) in [6.45, 7) is 2.02. The third kappa shape index (κ3) is 2.72. The average molecular weight is 208 g/mol. The molecule has 0 aliphatic rings. The maximum atomic E-state index is 10.5. The van der Waals surface area contributed by atoms with Gasteiger partial charge in [0, 0.05) is 6.42 Å². The molecule has 3 heteroatoms.